The third kappa shape index (κ3) is 6.34. The first-order chi connectivity index (χ1) is 19.0. The van der Waals surface area contributed by atoms with Crippen molar-refractivity contribution in [1.29, 1.82) is 0 Å². The van der Waals surface area contributed by atoms with Gasteiger partial charge in [-0.2, -0.15) is 5.10 Å². The Balaban J connectivity index is 1.56. The smallest absolute Gasteiger partial charge is 0.264 e. The maximum Gasteiger partial charge on any atom is 0.264 e. The summed E-state index contributed by atoms with van der Waals surface area (Å²) in [5, 5.41) is 4.16. The van der Waals surface area contributed by atoms with Gasteiger partial charge >= 0.3 is 0 Å². The Morgan fingerprint density at radius 2 is 1.60 bits per heavy atom. The molecule has 3 aromatic carbocycles. The second-order valence-corrected chi connectivity index (χ2v) is 12.2. The van der Waals surface area contributed by atoms with Gasteiger partial charge in [0.25, 0.3) is 15.9 Å². The SMILES string of the molecule is Cc1ccc(S(=O)(=O)N(CC(=O)N/N=C\c2cc(C)n(-c3cccc(C)c3)c2C)c2ccc(C(C)C)cc2)cc1. The Morgan fingerprint density at radius 3 is 2.23 bits per heavy atom. The molecule has 208 valence electrons. The fourth-order valence-electron chi connectivity index (χ4n) is 4.60. The van der Waals surface area contributed by atoms with E-state index < -0.39 is 22.5 Å². The number of benzene rings is 3. The summed E-state index contributed by atoms with van der Waals surface area (Å²) >= 11 is 0. The molecule has 0 saturated carbocycles. The molecule has 0 fully saturated rings. The highest BCUT2D eigenvalue weighted by Gasteiger charge is 2.27. The number of carbonyl (C=O) groups excluding carboxylic acids is 1. The zero-order chi connectivity index (χ0) is 29.0. The average Bonchev–Trinajstić information content (AvgIpc) is 3.20. The number of aryl methyl sites for hydroxylation is 3. The van der Waals surface area contributed by atoms with E-state index in [1.54, 1.807) is 42.6 Å². The van der Waals surface area contributed by atoms with Crippen molar-refractivity contribution in [3.05, 3.63) is 113 Å². The van der Waals surface area contributed by atoms with Crippen LogP contribution in [0, 0.1) is 27.7 Å². The van der Waals surface area contributed by atoms with Gasteiger partial charge in [0.2, 0.25) is 0 Å². The van der Waals surface area contributed by atoms with E-state index in [0.29, 0.717) is 11.6 Å². The van der Waals surface area contributed by atoms with Crippen LogP contribution in [0.25, 0.3) is 5.69 Å². The normalized spacial score (nSPS) is 11.8. The highest BCUT2D eigenvalue weighted by Crippen LogP contribution is 2.26. The summed E-state index contributed by atoms with van der Waals surface area (Å²) in [6, 6.07) is 24.1. The summed E-state index contributed by atoms with van der Waals surface area (Å²) < 4.78 is 30.5. The number of aromatic nitrogens is 1. The Kier molecular flexibility index (Phi) is 8.59. The van der Waals surface area contributed by atoms with E-state index in [-0.39, 0.29) is 4.90 Å². The number of nitrogens with one attached hydrogen (secondary N) is 1. The van der Waals surface area contributed by atoms with Crippen LogP contribution in [0.15, 0.2) is 88.9 Å². The number of amides is 1. The maximum atomic E-state index is 13.6. The van der Waals surface area contributed by atoms with Crippen molar-refractivity contribution in [3.63, 3.8) is 0 Å². The maximum absolute atomic E-state index is 13.6. The van der Waals surface area contributed by atoms with Gasteiger partial charge in [-0.15, -0.1) is 0 Å². The largest absolute Gasteiger partial charge is 0.318 e. The third-order valence-corrected chi connectivity index (χ3v) is 8.66. The van der Waals surface area contributed by atoms with Gasteiger partial charge in [-0.3, -0.25) is 9.10 Å². The molecule has 0 bridgehead atoms. The predicted molar refractivity (Wildman–Crippen MR) is 162 cm³/mol. The Morgan fingerprint density at radius 1 is 0.925 bits per heavy atom. The topological polar surface area (TPSA) is 83.8 Å². The van der Waals surface area contributed by atoms with Gasteiger partial charge in [-0.1, -0.05) is 55.8 Å². The molecule has 0 aliphatic carbocycles. The molecule has 0 radical (unpaired) electrons. The molecule has 8 heteroatoms. The third-order valence-electron chi connectivity index (χ3n) is 6.87. The molecule has 0 aliphatic rings. The van der Waals surface area contributed by atoms with E-state index >= 15 is 0 Å². The molecule has 1 aromatic heterocycles. The van der Waals surface area contributed by atoms with Crippen LogP contribution in [-0.2, 0) is 14.8 Å². The molecule has 1 N–H and O–H groups in total. The lowest BCUT2D eigenvalue weighted by atomic mass is 10.0. The zero-order valence-corrected chi connectivity index (χ0v) is 24.7. The van der Waals surface area contributed by atoms with Gasteiger partial charge in [0, 0.05) is 22.6 Å². The fraction of sp³-hybridized carbons (Fsp3) is 0.250. The molecule has 4 aromatic rings. The van der Waals surface area contributed by atoms with E-state index in [2.05, 4.69) is 48.0 Å². The molecule has 0 aliphatic heterocycles. The molecule has 1 heterocycles. The summed E-state index contributed by atoms with van der Waals surface area (Å²) in [5.41, 5.74) is 10.0. The van der Waals surface area contributed by atoms with Crippen LogP contribution in [0.3, 0.4) is 0 Å². The minimum atomic E-state index is -4.00. The van der Waals surface area contributed by atoms with Gasteiger partial charge in [0.1, 0.15) is 6.54 Å². The van der Waals surface area contributed by atoms with Crippen molar-refractivity contribution in [2.24, 2.45) is 5.10 Å². The number of nitrogens with zero attached hydrogens (tertiary/aromatic N) is 3. The van der Waals surface area contributed by atoms with E-state index in [1.165, 1.54) is 0 Å². The van der Waals surface area contributed by atoms with E-state index in [4.69, 9.17) is 0 Å². The summed E-state index contributed by atoms with van der Waals surface area (Å²) in [7, 11) is -4.00. The van der Waals surface area contributed by atoms with Gasteiger partial charge in [-0.25, -0.2) is 13.8 Å². The van der Waals surface area contributed by atoms with Crippen molar-refractivity contribution in [3.8, 4) is 5.69 Å². The molecule has 0 saturated heterocycles. The molecule has 0 atom stereocenters. The molecular formula is C32H36N4O3S. The number of anilines is 1. The number of hydrazone groups is 1. The van der Waals surface area contributed by atoms with Gasteiger partial charge in [0.05, 0.1) is 16.8 Å². The van der Waals surface area contributed by atoms with E-state index in [1.807, 2.05) is 51.1 Å². The first kappa shape index (κ1) is 28.8. The van der Waals surface area contributed by atoms with Gasteiger partial charge in [-0.05, 0) is 87.2 Å². The molecule has 0 spiro atoms. The van der Waals surface area contributed by atoms with Crippen LogP contribution in [0.4, 0.5) is 5.69 Å². The average molecular weight is 557 g/mol. The molecule has 4 rings (SSSR count). The second-order valence-electron chi connectivity index (χ2n) is 10.4. The van der Waals surface area contributed by atoms with Crippen LogP contribution in [-0.4, -0.2) is 31.7 Å². The molecule has 40 heavy (non-hydrogen) atoms. The van der Waals surface area contributed by atoms with E-state index in [0.717, 1.165) is 43.6 Å². The Hall–Kier alpha value is -4.17. The van der Waals surface area contributed by atoms with Crippen molar-refractivity contribution in [1.82, 2.24) is 9.99 Å². The van der Waals surface area contributed by atoms with Crippen LogP contribution in [0.5, 0.6) is 0 Å². The van der Waals surface area contributed by atoms with Crippen LogP contribution in [0.1, 0.15) is 53.4 Å². The zero-order valence-electron chi connectivity index (χ0n) is 23.8. The lowest BCUT2D eigenvalue weighted by molar-refractivity contribution is -0.119. The van der Waals surface area contributed by atoms with Crippen molar-refractivity contribution >= 4 is 27.8 Å². The number of carbonyl (C=O) groups is 1. The minimum absolute atomic E-state index is 0.117. The summed E-state index contributed by atoms with van der Waals surface area (Å²) in [4.78, 5) is 13.1. The van der Waals surface area contributed by atoms with E-state index in [9.17, 15) is 13.2 Å². The summed E-state index contributed by atoms with van der Waals surface area (Å²) in [5.74, 6) is -0.255. The Labute approximate surface area is 237 Å². The number of sulfonamides is 1. The fourth-order valence-corrected chi connectivity index (χ4v) is 6.02. The second kappa shape index (κ2) is 11.9. The quantitative estimate of drug-likeness (QED) is 0.197. The predicted octanol–water partition coefficient (Wildman–Crippen LogP) is 6.18. The highest BCUT2D eigenvalue weighted by molar-refractivity contribution is 7.92. The lowest BCUT2D eigenvalue weighted by Crippen LogP contribution is -2.39. The number of hydrogen-bond donors (Lipinski definition) is 1. The summed E-state index contributed by atoms with van der Waals surface area (Å²) in [6.07, 6.45) is 1.59. The monoisotopic (exact) mass is 556 g/mol. The van der Waals surface area contributed by atoms with Gasteiger partial charge < -0.3 is 4.57 Å². The Bertz CT molecular complexity index is 1630. The first-order valence-electron chi connectivity index (χ1n) is 13.2. The summed E-state index contributed by atoms with van der Waals surface area (Å²) in [6.45, 7) is 11.7. The van der Waals surface area contributed by atoms with Gasteiger partial charge in [0.15, 0.2) is 0 Å². The molecule has 1 amide bonds. The minimum Gasteiger partial charge on any atom is -0.318 e. The van der Waals surface area contributed by atoms with Crippen LogP contribution in [0.2, 0.25) is 0 Å². The van der Waals surface area contributed by atoms with Crippen molar-refractivity contribution in [2.45, 2.75) is 52.4 Å². The van der Waals surface area contributed by atoms with Crippen molar-refractivity contribution < 1.29 is 13.2 Å². The number of rotatable bonds is 9. The highest BCUT2D eigenvalue weighted by atomic mass is 32.2. The molecular weight excluding hydrogens is 520 g/mol. The van der Waals surface area contributed by atoms with Crippen LogP contribution < -0.4 is 9.73 Å². The number of hydrogen-bond acceptors (Lipinski definition) is 4. The van der Waals surface area contributed by atoms with Crippen molar-refractivity contribution in [2.75, 3.05) is 10.8 Å². The molecule has 7 nitrogen and oxygen atoms in total. The van der Waals surface area contributed by atoms with Crippen LogP contribution >= 0.6 is 0 Å². The standard InChI is InChI=1S/C32H36N4O3S/c1-22(2)27-12-14-29(15-13-27)35(40(38,39)31-16-10-23(3)11-17-31)21-32(37)34-33-20-28-19-25(5)36(26(28)6)30-9-7-8-24(4)18-30/h7-20,22H,21H2,1-6H3,(H,34,37)/b33-20-. The first-order valence-corrected chi connectivity index (χ1v) is 14.7. The lowest BCUT2D eigenvalue weighted by Gasteiger charge is -2.24. The molecule has 0 unspecified atom stereocenters.